The van der Waals surface area contributed by atoms with Crippen LogP contribution in [0.4, 0.5) is 0 Å². The molecule has 1 N–H and O–H groups in total. The number of hydrogen-bond acceptors (Lipinski definition) is 2. The van der Waals surface area contributed by atoms with Gasteiger partial charge in [-0.25, -0.2) is 0 Å². The normalized spacial score (nSPS) is 17.6. The van der Waals surface area contributed by atoms with Crippen molar-refractivity contribution >= 4 is 0 Å². The van der Waals surface area contributed by atoms with E-state index in [1.54, 1.807) is 6.20 Å². The molecule has 124 valence electrons. The van der Waals surface area contributed by atoms with Crippen molar-refractivity contribution in [2.24, 2.45) is 0 Å². The number of nitrogens with zero attached hydrogens (tertiary/aromatic N) is 1. The summed E-state index contributed by atoms with van der Waals surface area (Å²) in [5.74, 6) is 0. The van der Waals surface area contributed by atoms with Crippen molar-refractivity contribution in [3.8, 4) is 22.4 Å². The van der Waals surface area contributed by atoms with Crippen molar-refractivity contribution < 1.29 is 5.11 Å². The van der Waals surface area contributed by atoms with E-state index in [9.17, 15) is 5.11 Å². The molecule has 3 aromatic carbocycles. The van der Waals surface area contributed by atoms with Crippen molar-refractivity contribution in [2.45, 2.75) is 5.60 Å². The monoisotopic (exact) mass is 335 g/mol. The van der Waals surface area contributed by atoms with Crippen LogP contribution in [0.25, 0.3) is 22.4 Å². The Hall–Kier alpha value is -3.23. The summed E-state index contributed by atoms with van der Waals surface area (Å²) >= 11 is 0. The summed E-state index contributed by atoms with van der Waals surface area (Å²) < 4.78 is 0. The summed E-state index contributed by atoms with van der Waals surface area (Å²) in [6.45, 7) is 0. The molecule has 0 fully saturated rings. The molecule has 1 aromatic heterocycles. The van der Waals surface area contributed by atoms with Crippen LogP contribution >= 0.6 is 0 Å². The van der Waals surface area contributed by atoms with Crippen molar-refractivity contribution in [2.75, 3.05) is 0 Å². The van der Waals surface area contributed by atoms with Crippen molar-refractivity contribution in [3.05, 3.63) is 114 Å². The van der Waals surface area contributed by atoms with E-state index >= 15 is 0 Å². The predicted octanol–water partition coefficient (Wildman–Crippen LogP) is 5.01. The minimum atomic E-state index is -1.22. The second-order valence-corrected chi connectivity index (χ2v) is 6.57. The second kappa shape index (κ2) is 5.65. The number of hydrogen-bond donors (Lipinski definition) is 1. The Labute approximate surface area is 152 Å². The summed E-state index contributed by atoms with van der Waals surface area (Å²) in [5, 5.41) is 12.1. The molecular weight excluding hydrogens is 318 g/mol. The topological polar surface area (TPSA) is 33.1 Å². The minimum Gasteiger partial charge on any atom is -0.376 e. The number of aliphatic hydroxyl groups is 1. The third-order valence-corrected chi connectivity index (χ3v) is 5.17. The summed E-state index contributed by atoms with van der Waals surface area (Å²) in [7, 11) is 0. The SMILES string of the molecule is OC1(c2ccccc2-c2ccccc2)c2ccccc2-c2ncccc21. The van der Waals surface area contributed by atoms with Gasteiger partial charge in [-0.05, 0) is 17.2 Å². The van der Waals surface area contributed by atoms with Gasteiger partial charge in [-0.3, -0.25) is 4.98 Å². The lowest BCUT2D eigenvalue weighted by Crippen LogP contribution is -2.27. The molecule has 0 radical (unpaired) electrons. The maximum Gasteiger partial charge on any atom is 0.143 e. The highest BCUT2D eigenvalue weighted by Crippen LogP contribution is 2.51. The average molecular weight is 335 g/mol. The molecule has 0 saturated carbocycles. The standard InChI is InChI=1S/C24H17NO/c26-24(20-13-6-4-11-18(20)17-9-2-1-3-10-17)21-14-7-5-12-19(21)23-22(24)15-8-16-25-23/h1-16,26H. The van der Waals surface area contributed by atoms with Gasteiger partial charge in [-0.2, -0.15) is 0 Å². The summed E-state index contributed by atoms with van der Waals surface area (Å²) in [4.78, 5) is 4.56. The van der Waals surface area contributed by atoms with Gasteiger partial charge in [-0.15, -0.1) is 0 Å². The molecule has 0 spiro atoms. The predicted molar refractivity (Wildman–Crippen MR) is 104 cm³/mol. The molecule has 0 aliphatic heterocycles. The Kier molecular flexibility index (Phi) is 3.27. The highest BCUT2D eigenvalue weighted by atomic mass is 16.3. The molecule has 0 saturated heterocycles. The maximum absolute atomic E-state index is 12.1. The zero-order valence-corrected chi connectivity index (χ0v) is 14.1. The highest BCUT2D eigenvalue weighted by molar-refractivity contribution is 5.82. The molecule has 2 heteroatoms. The summed E-state index contributed by atoms with van der Waals surface area (Å²) in [5.41, 5.74) is 5.36. The van der Waals surface area contributed by atoms with Crippen LogP contribution < -0.4 is 0 Å². The van der Waals surface area contributed by atoms with Crippen molar-refractivity contribution in [3.63, 3.8) is 0 Å². The van der Waals surface area contributed by atoms with Gasteiger partial charge in [0, 0.05) is 28.5 Å². The second-order valence-electron chi connectivity index (χ2n) is 6.57. The minimum absolute atomic E-state index is 0.838. The van der Waals surface area contributed by atoms with Gasteiger partial charge in [0.05, 0.1) is 5.69 Å². The van der Waals surface area contributed by atoms with Crippen LogP contribution in [0.3, 0.4) is 0 Å². The molecule has 0 amide bonds. The third kappa shape index (κ3) is 2.00. The number of benzene rings is 3. The van der Waals surface area contributed by atoms with E-state index < -0.39 is 5.60 Å². The zero-order chi connectivity index (χ0) is 17.6. The molecule has 5 rings (SSSR count). The van der Waals surface area contributed by atoms with Crippen LogP contribution in [0.5, 0.6) is 0 Å². The molecule has 4 aromatic rings. The molecule has 1 unspecified atom stereocenters. The van der Waals surface area contributed by atoms with Crippen LogP contribution in [0.2, 0.25) is 0 Å². The number of rotatable bonds is 2. The highest BCUT2D eigenvalue weighted by Gasteiger charge is 2.44. The first-order chi connectivity index (χ1) is 12.8. The lowest BCUT2D eigenvalue weighted by molar-refractivity contribution is 0.131. The van der Waals surface area contributed by atoms with E-state index in [1.807, 2.05) is 72.8 Å². The van der Waals surface area contributed by atoms with E-state index in [0.29, 0.717) is 0 Å². The molecular formula is C24H17NO. The fourth-order valence-electron chi connectivity index (χ4n) is 4.02. The Morgan fingerprint density at radius 2 is 1.15 bits per heavy atom. The smallest absolute Gasteiger partial charge is 0.143 e. The summed E-state index contributed by atoms with van der Waals surface area (Å²) in [6, 6.07) is 30.1. The number of aromatic nitrogens is 1. The zero-order valence-electron chi connectivity index (χ0n) is 14.1. The van der Waals surface area contributed by atoms with Gasteiger partial charge in [-0.1, -0.05) is 84.9 Å². The van der Waals surface area contributed by atoms with E-state index in [2.05, 4.69) is 23.2 Å². The van der Waals surface area contributed by atoms with Gasteiger partial charge in [0.1, 0.15) is 5.60 Å². The first kappa shape index (κ1) is 15.1. The summed E-state index contributed by atoms with van der Waals surface area (Å²) in [6.07, 6.45) is 1.78. The van der Waals surface area contributed by atoms with Crippen LogP contribution in [0.15, 0.2) is 97.2 Å². The Morgan fingerprint density at radius 1 is 0.577 bits per heavy atom. The van der Waals surface area contributed by atoms with Crippen LogP contribution in [0.1, 0.15) is 16.7 Å². The fraction of sp³-hybridized carbons (Fsp3) is 0.0417. The molecule has 1 aliphatic carbocycles. The lowest BCUT2D eigenvalue weighted by Gasteiger charge is -2.28. The van der Waals surface area contributed by atoms with Crippen molar-refractivity contribution in [1.82, 2.24) is 4.98 Å². The first-order valence-corrected chi connectivity index (χ1v) is 8.73. The van der Waals surface area contributed by atoms with Gasteiger partial charge < -0.3 is 5.11 Å². The van der Waals surface area contributed by atoms with E-state index in [4.69, 9.17) is 0 Å². The Bertz CT molecular complexity index is 1060. The number of fused-ring (bicyclic) bond motifs is 3. The molecule has 0 bridgehead atoms. The van der Waals surface area contributed by atoms with Gasteiger partial charge in [0.15, 0.2) is 0 Å². The van der Waals surface area contributed by atoms with Gasteiger partial charge >= 0.3 is 0 Å². The van der Waals surface area contributed by atoms with Gasteiger partial charge in [0.2, 0.25) is 0 Å². The molecule has 26 heavy (non-hydrogen) atoms. The van der Waals surface area contributed by atoms with Crippen LogP contribution in [-0.4, -0.2) is 10.1 Å². The van der Waals surface area contributed by atoms with Crippen LogP contribution in [-0.2, 0) is 5.60 Å². The van der Waals surface area contributed by atoms with E-state index in [1.165, 1.54) is 0 Å². The molecule has 2 nitrogen and oxygen atoms in total. The van der Waals surface area contributed by atoms with Crippen molar-refractivity contribution in [1.29, 1.82) is 0 Å². The first-order valence-electron chi connectivity index (χ1n) is 8.73. The average Bonchev–Trinajstić information content (AvgIpc) is 2.99. The largest absolute Gasteiger partial charge is 0.376 e. The maximum atomic E-state index is 12.1. The fourth-order valence-corrected chi connectivity index (χ4v) is 4.02. The van der Waals surface area contributed by atoms with Crippen LogP contribution in [0, 0.1) is 0 Å². The Morgan fingerprint density at radius 3 is 1.92 bits per heavy atom. The van der Waals surface area contributed by atoms with Gasteiger partial charge in [0.25, 0.3) is 0 Å². The molecule has 1 aliphatic rings. The number of pyridine rings is 1. The Balaban J connectivity index is 1.85. The van der Waals surface area contributed by atoms with E-state index in [0.717, 1.165) is 39.1 Å². The quantitative estimate of drug-likeness (QED) is 0.558. The van der Waals surface area contributed by atoms with E-state index in [-0.39, 0.29) is 0 Å². The molecule has 1 heterocycles. The third-order valence-electron chi connectivity index (χ3n) is 5.17. The lowest BCUT2D eigenvalue weighted by atomic mass is 9.80. The molecule has 1 atom stereocenters.